The summed E-state index contributed by atoms with van der Waals surface area (Å²) in [5, 5.41) is 1.70. The highest BCUT2D eigenvalue weighted by Gasteiger charge is 2.30. The fourth-order valence-corrected chi connectivity index (χ4v) is 7.41. The lowest BCUT2D eigenvalue weighted by Crippen LogP contribution is -2.49. The van der Waals surface area contributed by atoms with Crippen LogP contribution < -0.4 is 4.90 Å². The first-order valence-corrected chi connectivity index (χ1v) is 16.4. The minimum absolute atomic E-state index is 0.00150. The lowest BCUT2D eigenvalue weighted by Gasteiger charge is -2.36. The molecule has 4 aromatic rings. The molecule has 10 heteroatoms. The van der Waals surface area contributed by atoms with E-state index in [2.05, 4.69) is 25.8 Å². The van der Waals surface area contributed by atoms with Crippen LogP contribution in [0, 0.1) is 0 Å². The Morgan fingerprint density at radius 2 is 1.24 bits per heavy atom. The lowest BCUT2D eigenvalue weighted by atomic mass is 10.0. The lowest BCUT2D eigenvalue weighted by molar-refractivity contribution is 0.0694. The molecule has 0 aliphatic carbocycles. The molecule has 0 spiro atoms. The number of benzene rings is 3. The Kier molecular flexibility index (Phi) is 8.00. The summed E-state index contributed by atoms with van der Waals surface area (Å²) in [6, 6.07) is 18.9. The number of hydrogen-bond donors (Lipinski definition) is 0. The van der Waals surface area contributed by atoms with Gasteiger partial charge in [-0.3, -0.25) is 14.6 Å². The Morgan fingerprint density at radius 1 is 0.643 bits per heavy atom. The van der Waals surface area contributed by atoms with Gasteiger partial charge in [0.25, 0.3) is 11.8 Å². The highest BCUT2D eigenvalue weighted by Crippen LogP contribution is 2.29. The minimum Gasteiger partial charge on any atom is -0.368 e. The molecule has 0 atom stereocenters. The van der Waals surface area contributed by atoms with Crippen molar-refractivity contribution in [1.82, 2.24) is 14.8 Å². The molecule has 0 N–H and O–H groups in total. The van der Waals surface area contributed by atoms with Crippen molar-refractivity contribution in [2.75, 3.05) is 44.2 Å². The fourth-order valence-electron chi connectivity index (χ4n) is 5.71. The molecular weight excluding hydrogens is 616 g/mol. The van der Waals surface area contributed by atoms with Crippen LogP contribution in [0.1, 0.15) is 40.0 Å². The molecule has 2 saturated heterocycles. The second-order valence-electron chi connectivity index (χ2n) is 10.7. The normalized spacial score (nSPS) is 16.1. The van der Waals surface area contributed by atoms with E-state index in [1.807, 2.05) is 30.3 Å². The van der Waals surface area contributed by atoms with Crippen molar-refractivity contribution in [3.8, 4) is 0 Å². The third kappa shape index (κ3) is 5.65. The van der Waals surface area contributed by atoms with Crippen molar-refractivity contribution in [3.63, 3.8) is 0 Å². The fraction of sp³-hybridized carbons (Fsp3) is 0.281. The summed E-state index contributed by atoms with van der Waals surface area (Å²) in [7, 11) is -3.95. The number of likely N-dealkylation sites (tertiary alicyclic amines) is 1. The first-order valence-electron chi connectivity index (χ1n) is 14.1. The molecule has 2 aliphatic rings. The van der Waals surface area contributed by atoms with Gasteiger partial charge in [0.05, 0.1) is 20.9 Å². The van der Waals surface area contributed by atoms with E-state index in [1.54, 1.807) is 40.4 Å². The second kappa shape index (κ2) is 11.9. The van der Waals surface area contributed by atoms with Gasteiger partial charge in [-0.1, -0.05) is 28.1 Å². The molecule has 6 rings (SSSR count). The first kappa shape index (κ1) is 28.4. The number of aromatic nitrogens is 1. The predicted molar refractivity (Wildman–Crippen MR) is 166 cm³/mol. The van der Waals surface area contributed by atoms with Crippen LogP contribution in [0.3, 0.4) is 0 Å². The molecule has 0 bridgehead atoms. The van der Waals surface area contributed by atoms with E-state index in [-0.39, 0.29) is 32.7 Å². The van der Waals surface area contributed by atoms with E-state index in [1.165, 1.54) is 18.2 Å². The zero-order valence-electron chi connectivity index (χ0n) is 23.1. The summed E-state index contributed by atoms with van der Waals surface area (Å²) in [5.74, 6) is -0.557. The zero-order valence-corrected chi connectivity index (χ0v) is 25.5. The SMILES string of the molecule is O=C(c1cc(S(=O)(=O)c2ccc3cc(Br)ccc3c2)ccc1C(=O)N1CCN(c2ccncc2)CC1)N1CCCCC1. The predicted octanol–water partition coefficient (Wildman–Crippen LogP) is 5.42. The summed E-state index contributed by atoms with van der Waals surface area (Å²) in [6.07, 6.45) is 6.31. The van der Waals surface area contributed by atoms with Gasteiger partial charge in [0.1, 0.15) is 0 Å². The van der Waals surface area contributed by atoms with E-state index in [0.717, 1.165) is 40.2 Å². The number of piperazine rings is 1. The molecular formula is C32H31BrN4O4S. The number of anilines is 1. The van der Waals surface area contributed by atoms with Gasteiger partial charge in [0, 0.05) is 61.8 Å². The van der Waals surface area contributed by atoms with Crippen molar-refractivity contribution in [1.29, 1.82) is 0 Å². The highest BCUT2D eigenvalue weighted by atomic mass is 79.9. The van der Waals surface area contributed by atoms with Gasteiger partial charge in [-0.15, -0.1) is 0 Å². The van der Waals surface area contributed by atoms with E-state index in [0.29, 0.717) is 39.3 Å². The number of amides is 2. The average Bonchev–Trinajstić information content (AvgIpc) is 3.04. The minimum atomic E-state index is -3.95. The molecule has 3 aromatic carbocycles. The van der Waals surface area contributed by atoms with Gasteiger partial charge in [-0.2, -0.15) is 0 Å². The summed E-state index contributed by atoms with van der Waals surface area (Å²) < 4.78 is 28.5. The number of sulfone groups is 1. The van der Waals surface area contributed by atoms with Gasteiger partial charge in [0.2, 0.25) is 9.84 Å². The van der Waals surface area contributed by atoms with E-state index in [4.69, 9.17) is 0 Å². The van der Waals surface area contributed by atoms with Crippen molar-refractivity contribution in [2.24, 2.45) is 0 Å². The third-order valence-corrected chi connectivity index (χ3v) is 10.3. The molecule has 2 amide bonds. The van der Waals surface area contributed by atoms with Crippen LogP contribution in [0.25, 0.3) is 10.8 Å². The van der Waals surface area contributed by atoms with Gasteiger partial charge < -0.3 is 14.7 Å². The first-order chi connectivity index (χ1) is 20.3. The molecule has 0 unspecified atom stereocenters. The molecule has 0 radical (unpaired) electrons. The van der Waals surface area contributed by atoms with Gasteiger partial charge >= 0.3 is 0 Å². The Labute approximate surface area is 254 Å². The molecule has 8 nitrogen and oxygen atoms in total. The van der Waals surface area contributed by atoms with Crippen LogP contribution >= 0.6 is 15.9 Å². The smallest absolute Gasteiger partial charge is 0.254 e. The number of carbonyl (C=O) groups excluding carboxylic acids is 2. The maximum atomic E-state index is 13.8. The van der Waals surface area contributed by atoms with Crippen LogP contribution in [0.2, 0.25) is 0 Å². The topological polar surface area (TPSA) is 90.9 Å². The number of fused-ring (bicyclic) bond motifs is 1. The van der Waals surface area contributed by atoms with Crippen molar-refractivity contribution in [3.05, 3.63) is 94.7 Å². The summed E-state index contributed by atoms with van der Waals surface area (Å²) in [6.45, 7) is 3.46. The third-order valence-electron chi connectivity index (χ3n) is 8.08. The second-order valence-corrected chi connectivity index (χ2v) is 13.6. The van der Waals surface area contributed by atoms with Crippen molar-refractivity contribution < 1.29 is 18.0 Å². The van der Waals surface area contributed by atoms with Crippen LogP contribution in [0.15, 0.2) is 93.4 Å². The Hall–Kier alpha value is -3.76. The van der Waals surface area contributed by atoms with Gasteiger partial charge in [0.15, 0.2) is 0 Å². The number of halogens is 1. The molecule has 2 aliphatic heterocycles. The Bertz CT molecular complexity index is 1750. The van der Waals surface area contributed by atoms with Gasteiger partial charge in [-0.25, -0.2) is 8.42 Å². The molecule has 42 heavy (non-hydrogen) atoms. The summed E-state index contributed by atoms with van der Waals surface area (Å²) >= 11 is 3.45. The Balaban J connectivity index is 1.32. The van der Waals surface area contributed by atoms with Crippen molar-refractivity contribution in [2.45, 2.75) is 29.1 Å². The molecule has 3 heterocycles. The zero-order chi connectivity index (χ0) is 29.3. The quantitative estimate of drug-likeness (QED) is 0.288. The van der Waals surface area contributed by atoms with E-state index < -0.39 is 9.84 Å². The van der Waals surface area contributed by atoms with Crippen LogP contribution in [-0.2, 0) is 9.84 Å². The standard InChI is InChI=1S/C32H31BrN4O4S/c33-25-6-4-24-21-27(7-5-23(24)20-25)42(40,41)28-8-9-29(30(22-28)32(39)36-14-2-1-3-15-36)31(38)37-18-16-35(17-19-37)26-10-12-34-13-11-26/h4-13,20-22H,1-3,14-19H2. The molecule has 0 saturated carbocycles. The van der Waals surface area contributed by atoms with Crippen LogP contribution in [0.4, 0.5) is 5.69 Å². The average molecular weight is 648 g/mol. The largest absolute Gasteiger partial charge is 0.368 e. The highest BCUT2D eigenvalue weighted by molar-refractivity contribution is 9.10. The van der Waals surface area contributed by atoms with Gasteiger partial charge in [-0.05, 0) is 84.6 Å². The number of carbonyl (C=O) groups is 2. The van der Waals surface area contributed by atoms with Crippen LogP contribution in [0.5, 0.6) is 0 Å². The summed E-state index contributed by atoms with van der Waals surface area (Å²) in [4.78, 5) is 37.5. The maximum absolute atomic E-state index is 13.8. The molecule has 1 aromatic heterocycles. The van der Waals surface area contributed by atoms with E-state index >= 15 is 0 Å². The number of pyridine rings is 1. The number of nitrogens with zero attached hydrogens (tertiary/aromatic N) is 4. The summed E-state index contributed by atoms with van der Waals surface area (Å²) in [5.41, 5.74) is 1.43. The number of hydrogen-bond acceptors (Lipinski definition) is 6. The number of piperidine rings is 1. The van der Waals surface area contributed by atoms with Crippen molar-refractivity contribution >= 4 is 54.0 Å². The molecule has 2 fully saturated rings. The monoisotopic (exact) mass is 646 g/mol. The number of rotatable bonds is 5. The Morgan fingerprint density at radius 3 is 1.98 bits per heavy atom. The molecule has 216 valence electrons. The van der Waals surface area contributed by atoms with E-state index in [9.17, 15) is 18.0 Å². The van der Waals surface area contributed by atoms with Crippen LogP contribution in [-0.4, -0.2) is 74.3 Å². The maximum Gasteiger partial charge on any atom is 0.254 e.